The van der Waals surface area contributed by atoms with Gasteiger partial charge in [-0.05, 0) is 42.0 Å². The Bertz CT molecular complexity index is 899. The molecule has 1 fully saturated rings. The zero-order valence-corrected chi connectivity index (χ0v) is 15.3. The van der Waals surface area contributed by atoms with Gasteiger partial charge in [0.05, 0.1) is 4.90 Å². The van der Waals surface area contributed by atoms with E-state index in [1.807, 2.05) is 0 Å². The summed E-state index contributed by atoms with van der Waals surface area (Å²) in [5.41, 5.74) is 4.70. The predicted octanol–water partition coefficient (Wildman–Crippen LogP) is 2.82. The normalized spacial score (nSPS) is 26.1. The Morgan fingerprint density at radius 1 is 1.12 bits per heavy atom. The van der Waals surface area contributed by atoms with E-state index >= 15 is 0 Å². The van der Waals surface area contributed by atoms with E-state index in [0.29, 0.717) is 10.6 Å². The molecule has 0 heterocycles. The van der Waals surface area contributed by atoms with Crippen LogP contribution in [0, 0.1) is 0 Å². The monoisotopic (exact) mass is 429 g/mol. The van der Waals surface area contributed by atoms with Crippen LogP contribution in [0.4, 0.5) is 0 Å². The summed E-state index contributed by atoms with van der Waals surface area (Å²) in [6.45, 7) is 0. The number of aliphatic carboxylic acids is 1. The minimum atomic E-state index is -3.92. The lowest BCUT2D eigenvalue weighted by Crippen LogP contribution is -2.39. The molecule has 0 aromatic heterocycles. The highest BCUT2D eigenvalue weighted by atomic mass is 79.9. The topological polar surface area (TPSA) is 97.5 Å². The van der Waals surface area contributed by atoms with Crippen molar-refractivity contribution in [3.05, 3.63) is 63.6 Å². The number of halogens is 2. The average Bonchev–Trinajstić information content (AvgIpc) is 3.17. The molecular weight excluding hydrogens is 418 g/mol. The Balaban J connectivity index is 2.06. The molecule has 1 saturated carbocycles. The summed E-state index contributed by atoms with van der Waals surface area (Å²) >= 11 is 9.08. The molecule has 3 atom stereocenters. The Morgan fingerprint density at radius 2 is 1.67 bits per heavy atom. The second kappa shape index (κ2) is 5.84. The number of hydrogen-bond acceptors (Lipinski definition) is 4. The van der Waals surface area contributed by atoms with E-state index in [1.165, 1.54) is 24.3 Å². The Hall–Kier alpha value is -1.41. The van der Waals surface area contributed by atoms with Gasteiger partial charge in [-0.15, -0.1) is 0 Å². The van der Waals surface area contributed by atoms with Crippen molar-refractivity contribution in [3.63, 3.8) is 0 Å². The molecule has 2 aromatic carbocycles. The SMILES string of the molecule is N[C@@]1(C(=O)O)[C@H](c2ccc(Br)cc2)[C@@H]1S(=O)(=O)c1ccc(Cl)cc1. The first-order valence-corrected chi connectivity index (χ1v) is 9.68. The molecule has 0 saturated heterocycles. The smallest absolute Gasteiger partial charge is 0.325 e. The van der Waals surface area contributed by atoms with Crippen molar-refractivity contribution in [1.29, 1.82) is 0 Å². The molecule has 0 spiro atoms. The summed E-state index contributed by atoms with van der Waals surface area (Å²) in [4.78, 5) is 11.7. The van der Waals surface area contributed by atoms with Gasteiger partial charge in [-0.25, -0.2) is 8.42 Å². The standard InChI is InChI=1S/C16H13BrClNO4S/c17-10-3-1-9(2-4-10)13-14(16(13,19)15(20)21)24(22,23)12-7-5-11(18)6-8-12/h1-8,13-14H,19H2,(H,20,21)/t13-,14+,16+/m1/s1. The first-order chi connectivity index (χ1) is 11.2. The van der Waals surface area contributed by atoms with Crippen molar-refractivity contribution in [1.82, 2.24) is 0 Å². The molecule has 5 nitrogen and oxygen atoms in total. The summed E-state index contributed by atoms with van der Waals surface area (Å²) in [7, 11) is -3.92. The number of sulfone groups is 1. The van der Waals surface area contributed by atoms with Gasteiger partial charge in [-0.3, -0.25) is 4.79 Å². The summed E-state index contributed by atoms with van der Waals surface area (Å²) in [6, 6.07) is 12.4. The summed E-state index contributed by atoms with van der Waals surface area (Å²) in [5, 5.41) is 8.67. The Labute approximate surface area is 152 Å². The number of carboxylic acid groups (broad SMARTS) is 1. The van der Waals surface area contributed by atoms with E-state index in [4.69, 9.17) is 17.3 Å². The minimum Gasteiger partial charge on any atom is -0.480 e. The first kappa shape index (κ1) is 17.4. The first-order valence-electron chi connectivity index (χ1n) is 6.96. The minimum absolute atomic E-state index is 0.00702. The average molecular weight is 431 g/mol. The third-order valence-electron chi connectivity index (χ3n) is 4.26. The van der Waals surface area contributed by atoms with Crippen LogP contribution in [0.1, 0.15) is 11.5 Å². The molecule has 0 unspecified atom stereocenters. The molecule has 8 heteroatoms. The third kappa shape index (κ3) is 2.65. The second-order valence-electron chi connectivity index (χ2n) is 5.69. The largest absolute Gasteiger partial charge is 0.480 e. The van der Waals surface area contributed by atoms with E-state index in [9.17, 15) is 18.3 Å². The molecule has 3 N–H and O–H groups in total. The lowest BCUT2D eigenvalue weighted by atomic mass is 10.1. The van der Waals surface area contributed by atoms with Crippen molar-refractivity contribution in [3.8, 4) is 0 Å². The zero-order valence-electron chi connectivity index (χ0n) is 12.2. The summed E-state index contributed by atoms with van der Waals surface area (Å²) in [6.07, 6.45) is 0. The molecular formula is C16H13BrClNO4S. The van der Waals surface area contributed by atoms with Crippen molar-refractivity contribution in [2.45, 2.75) is 21.6 Å². The number of carbonyl (C=O) groups is 1. The van der Waals surface area contributed by atoms with Crippen LogP contribution < -0.4 is 5.73 Å². The highest BCUT2D eigenvalue weighted by Gasteiger charge is 2.74. The molecule has 2 aromatic rings. The molecule has 0 amide bonds. The van der Waals surface area contributed by atoms with Crippen LogP contribution in [-0.4, -0.2) is 30.3 Å². The molecule has 0 bridgehead atoms. The fourth-order valence-corrected chi connectivity index (χ4v) is 5.58. The van der Waals surface area contributed by atoms with Crippen molar-refractivity contribution in [2.24, 2.45) is 5.73 Å². The fourth-order valence-electron chi connectivity index (χ4n) is 2.96. The highest BCUT2D eigenvalue weighted by molar-refractivity contribution is 9.10. The van der Waals surface area contributed by atoms with Gasteiger partial charge in [-0.1, -0.05) is 39.7 Å². The maximum Gasteiger partial charge on any atom is 0.325 e. The van der Waals surface area contributed by atoms with Crippen LogP contribution in [0.25, 0.3) is 0 Å². The number of rotatable bonds is 4. The van der Waals surface area contributed by atoms with E-state index in [2.05, 4.69) is 15.9 Å². The van der Waals surface area contributed by atoms with Crippen LogP contribution in [0.3, 0.4) is 0 Å². The Morgan fingerprint density at radius 3 is 2.17 bits per heavy atom. The molecule has 1 aliphatic rings. The molecule has 3 rings (SSSR count). The van der Waals surface area contributed by atoms with E-state index in [1.54, 1.807) is 24.3 Å². The van der Waals surface area contributed by atoms with Crippen molar-refractivity contribution in [2.75, 3.05) is 0 Å². The zero-order chi connectivity index (χ0) is 17.7. The molecule has 0 radical (unpaired) electrons. The maximum absolute atomic E-state index is 12.9. The number of nitrogens with two attached hydrogens (primary N) is 1. The van der Waals surface area contributed by atoms with Crippen molar-refractivity contribution < 1.29 is 18.3 Å². The van der Waals surface area contributed by atoms with Gasteiger partial charge in [0.25, 0.3) is 0 Å². The van der Waals surface area contributed by atoms with Gasteiger partial charge in [0.15, 0.2) is 9.84 Å². The fraction of sp³-hybridized carbons (Fsp3) is 0.188. The van der Waals surface area contributed by atoms with Crippen LogP contribution in [0.5, 0.6) is 0 Å². The van der Waals surface area contributed by atoms with Crippen molar-refractivity contribution >= 4 is 43.3 Å². The molecule has 24 heavy (non-hydrogen) atoms. The lowest BCUT2D eigenvalue weighted by Gasteiger charge is -2.07. The van der Waals surface area contributed by atoms with Gasteiger partial charge in [0.2, 0.25) is 0 Å². The third-order valence-corrected chi connectivity index (χ3v) is 7.30. The highest BCUT2D eigenvalue weighted by Crippen LogP contribution is 2.55. The quantitative estimate of drug-likeness (QED) is 0.777. The second-order valence-corrected chi connectivity index (χ2v) is 9.11. The van der Waals surface area contributed by atoms with Crippen LogP contribution in [0.2, 0.25) is 5.02 Å². The van der Waals surface area contributed by atoms with Gasteiger partial charge < -0.3 is 10.8 Å². The van der Waals surface area contributed by atoms with E-state index in [-0.39, 0.29) is 4.90 Å². The summed E-state index contributed by atoms with van der Waals surface area (Å²) < 4.78 is 26.6. The number of benzene rings is 2. The van der Waals surface area contributed by atoms with Gasteiger partial charge in [-0.2, -0.15) is 0 Å². The number of hydrogen-bond donors (Lipinski definition) is 2. The van der Waals surface area contributed by atoms with Gasteiger partial charge in [0, 0.05) is 15.4 Å². The molecule has 1 aliphatic carbocycles. The van der Waals surface area contributed by atoms with Gasteiger partial charge in [0.1, 0.15) is 10.8 Å². The predicted molar refractivity (Wildman–Crippen MR) is 93.9 cm³/mol. The van der Waals surface area contributed by atoms with Crippen LogP contribution in [-0.2, 0) is 14.6 Å². The van der Waals surface area contributed by atoms with Gasteiger partial charge >= 0.3 is 5.97 Å². The Kier molecular flexibility index (Phi) is 4.24. The number of carboxylic acids is 1. The lowest BCUT2D eigenvalue weighted by molar-refractivity contribution is -0.139. The van der Waals surface area contributed by atoms with E-state index in [0.717, 1.165) is 4.47 Å². The molecule has 126 valence electrons. The van der Waals surface area contributed by atoms with Crippen LogP contribution in [0.15, 0.2) is 57.9 Å². The summed E-state index contributed by atoms with van der Waals surface area (Å²) in [5.74, 6) is -2.15. The van der Waals surface area contributed by atoms with E-state index < -0.39 is 32.5 Å². The maximum atomic E-state index is 12.9. The molecule has 0 aliphatic heterocycles. The van der Waals surface area contributed by atoms with Crippen LogP contribution >= 0.6 is 27.5 Å².